The zero-order valence-electron chi connectivity index (χ0n) is 6.46. The van der Waals surface area contributed by atoms with E-state index < -0.39 is 8.56 Å². The number of carbonyl (C=O) groups excluding carboxylic acids is 1. The molecule has 0 N–H and O–H groups in total. The molecule has 0 fully saturated rings. The first-order valence-electron chi connectivity index (χ1n) is 2.92. The number of rotatable bonds is 4. The highest BCUT2D eigenvalue weighted by atomic mass is 28.4. The first kappa shape index (κ1) is 9.55. The SMILES string of the molecule is CO[Si](C)(C=CC=O)OC. The Labute approximate surface area is 61.9 Å². The molecule has 0 saturated carbocycles. The molecule has 58 valence electrons. The molecule has 10 heavy (non-hydrogen) atoms. The fraction of sp³-hybridized carbons (Fsp3) is 0.500. The number of carbonyl (C=O) groups is 1. The molecule has 0 aromatic rings. The van der Waals surface area contributed by atoms with Gasteiger partial charge in [-0.15, -0.1) is 0 Å². The fourth-order valence-corrected chi connectivity index (χ4v) is 1.30. The Bertz CT molecular complexity index is 129. The first-order valence-corrected chi connectivity index (χ1v) is 5.31. The van der Waals surface area contributed by atoms with E-state index >= 15 is 0 Å². The van der Waals surface area contributed by atoms with Crippen LogP contribution in [0.4, 0.5) is 0 Å². The molecule has 0 unspecified atom stereocenters. The first-order chi connectivity index (χ1) is 4.68. The molecule has 0 radical (unpaired) electrons. The third kappa shape index (κ3) is 2.91. The Kier molecular flexibility index (Phi) is 4.18. The smallest absolute Gasteiger partial charge is 0.361 e. The normalized spacial score (nSPS) is 12.3. The molecule has 0 aliphatic heterocycles. The summed E-state index contributed by atoms with van der Waals surface area (Å²) in [6, 6.07) is 0. The van der Waals surface area contributed by atoms with Crippen molar-refractivity contribution < 1.29 is 13.6 Å². The van der Waals surface area contributed by atoms with Crippen molar-refractivity contribution in [3.63, 3.8) is 0 Å². The second-order valence-corrected chi connectivity index (χ2v) is 5.10. The summed E-state index contributed by atoms with van der Waals surface area (Å²) in [6.07, 6.45) is 2.11. The van der Waals surface area contributed by atoms with Crippen molar-refractivity contribution >= 4 is 14.8 Å². The third-order valence-electron chi connectivity index (χ3n) is 1.29. The topological polar surface area (TPSA) is 35.5 Å². The molecule has 0 rings (SSSR count). The van der Waals surface area contributed by atoms with Crippen molar-refractivity contribution in [2.45, 2.75) is 6.55 Å². The van der Waals surface area contributed by atoms with Gasteiger partial charge in [-0.2, -0.15) is 0 Å². The van der Waals surface area contributed by atoms with Gasteiger partial charge in [0.05, 0.1) is 0 Å². The Hall–Kier alpha value is -0.453. The Morgan fingerprint density at radius 1 is 1.30 bits per heavy atom. The quantitative estimate of drug-likeness (QED) is 0.344. The second-order valence-electron chi connectivity index (χ2n) is 1.92. The predicted molar refractivity (Wildman–Crippen MR) is 40.8 cm³/mol. The fourth-order valence-electron chi connectivity index (χ4n) is 0.433. The van der Waals surface area contributed by atoms with Crippen molar-refractivity contribution in [2.24, 2.45) is 0 Å². The van der Waals surface area contributed by atoms with Crippen LogP contribution in [0.1, 0.15) is 0 Å². The maximum absolute atomic E-state index is 9.91. The summed E-state index contributed by atoms with van der Waals surface area (Å²) < 4.78 is 10.1. The highest BCUT2D eigenvalue weighted by Gasteiger charge is 2.23. The zero-order chi connectivity index (χ0) is 8.04. The molecule has 4 heteroatoms. The van der Waals surface area contributed by atoms with Crippen LogP contribution in [0.5, 0.6) is 0 Å². The summed E-state index contributed by atoms with van der Waals surface area (Å²) in [7, 11) is 1.02. The van der Waals surface area contributed by atoms with Crippen molar-refractivity contribution in [3.8, 4) is 0 Å². The van der Waals surface area contributed by atoms with Crippen LogP contribution in [-0.4, -0.2) is 29.1 Å². The number of allylic oxidation sites excluding steroid dienone is 1. The van der Waals surface area contributed by atoms with Gasteiger partial charge in [-0.3, -0.25) is 4.79 Å². The lowest BCUT2D eigenvalue weighted by Gasteiger charge is -2.17. The van der Waals surface area contributed by atoms with Gasteiger partial charge >= 0.3 is 8.56 Å². The number of hydrogen-bond acceptors (Lipinski definition) is 3. The second kappa shape index (κ2) is 4.38. The van der Waals surface area contributed by atoms with Gasteiger partial charge in [-0.25, -0.2) is 0 Å². The molecule has 0 bridgehead atoms. The van der Waals surface area contributed by atoms with Crippen LogP contribution in [-0.2, 0) is 13.6 Å². The maximum Gasteiger partial charge on any atom is 0.361 e. The molecule has 0 amide bonds. The summed E-state index contributed by atoms with van der Waals surface area (Å²) in [4.78, 5) is 9.91. The maximum atomic E-state index is 9.91. The van der Waals surface area contributed by atoms with Crippen LogP contribution in [0.15, 0.2) is 11.8 Å². The molecule has 0 atom stereocenters. The Balaban J connectivity index is 4.04. The van der Waals surface area contributed by atoms with Gasteiger partial charge in [-0.1, -0.05) is 0 Å². The van der Waals surface area contributed by atoms with E-state index in [-0.39, 0.29) is 0 Å². The van der Waals surface area contributed by atoms with E-state index in [2.05, 4.69) is 0 Å². The van der Waals surface area contributed by atoms with Gasteiger partial charge in [0, 0.05) is 14.2 Å². The van der Waals surface area contributed by atoms with E-state index in [1.165, 1.54) is 6.08 Å². The molecular formula is C6H12O3Si. The van der Waals surface area contributed by atoms with Crippen LogP contribution in [0.2, 0.25) is 6.55 Å². The molecule has 0 aliphatic carbocycles. The van der Waals surface area contributed by atoms with E-state index in [1.807, 2.05) is 6.55 Å². The summed E-state index contributed by atoms with van der Waals surface area (Å²) >= 11 is 0. The highest BCUT2D eigenvalue weighted by molar-refractivity contribution is 6.71. The molecule has 3 nitrogen and oxygen atoms in total. The summed E-state index contributed by atoms with van der Waals surface area (Å²) in [5, 5.41) is 0. The molecule has 0 heterocycles. The van der Waals surface area contributed by atoms with E-state index in [0.717, 1.165) is 0 Å². The lowest BCUT2D eigenvalue weighted by atomic mass is 10.7. The van der Waals surface area contributed by atoms with Gasteiger partial charge in [0.15, 0.2) is 0 Å². The largest absolute Gasteiger partial charge is 0.395 e. The minimum absolute atomic E-state index is 0.712. The van der Waals surface area contributed by atoms with Crippen molar-refractivity contribution in [1.29, 1.82) is 0 Å². The van der Waals surface area contributed by atoms with E-state index in [4.69, 9.17) is 8.85 Å². The average molecular weight is 160 g/mol. The van der Waals surface area contributed by atoms with E-state index in [0.29, 0.717) is 6.29 Å². The predicted octanol–water partition coefficient (Wildman–Crippen LogP) is 0.645. The molecular weight excluding hydrogens is 148 g/mol. The van der Waals surface area contributed by atoms with Crippen molar-refractivity contribution in [3.05, 3.63) is 11.8 Å². The molecule has 0 saturated heterocycles. The standard InChI is InChI=1S/C6H12O3Si/c1-8-10(3,9-2)6-4-5-7/h4-6H,1-3H3. The average Bonchev–Trinajstić information content (AvgIpc) is 2.00. The number of aldehydes is 1. The van der Waals surface area contributed by atoms with Crippen LogP contribution in [0.25, 0.3) is 0 Å². The third-order valence-corrected chi connectivity index (χ3v) is 3.71. The van der Waals surface area contributed by atoms with Crippen LogP contribution >= 0.6 is 0 Å². The minimum Gasteiger partial charge on any atom is -0.395 e. The van der Waals surface area contributed by atoms with Crippen molar-refractivity contribution in [1.82, 2.24) is 0 Å². The van der Waals surface area contributed by atoms with Gasteiger partial charge in [0.1, 0.15) is 6.29 Å². The summed E-state index contributed by atoms with van der Waals surface area (Å²) in [5.41, 5.74) is 1.68. The minimum atomic E-state index is -2.13. The van der Waals surface area contributed by atoms with Crippen molar-refractivity contribution in [2.75, 3.05) is 14.2 Å². The molecule has 0 aromatic carbocycles. The monoisotopic (exact) mass is 160 g/mol. The Morgan fingerprint density at radius 3 is 2.10 bits per heavy atom. The van der Waals surface area contributed by atoms with E-state index in [1.54, 1.807) is 19.9 Å². The molecule has 0 spiro atoms. The molecule has 0 aliphatic rings. The van der Waals surface area contributed by atoms with Crippen LogP contribution < -0.4 is 0 Å². The van der Waals surface area contributed by atoms with Gasteiger partial charge in [-0.05, 0) is 18.3 Å². The van der Waals surface area contributed by atoms with Gasteiger partial charge in [0.2, 0.25) is 0 Å². The summed E-state index contributed by atoms with van der Waals surface area (Å²) in [5.74, 6) is 0. The zero-order valence-corrected chi connectivity index (χ0v) is 7.46. The van der Waals surface area contributed by atoms with Gasteiger partial charge in [0.25, 0.3) is 0 Å². The van der Waals surface area contributed by atoms with E-state index in [9.17, 15) is 4.79 Å². The summed E-state index contributed by atoms with van der Waals surface area (Å²) in [6.45, 7) is 1.85. The van der Waals surface area contributed by atoms with Crippen LogP contribution in [0, 0.1) is 0 Å². The highest BCUT2D eigenvalue weighted by Crippen LogP contribution is 2.04. The lowest BCUT2D eigenvalue weighted by molar-refractivity contribution is -0.104. The molecule has 0 aromatic heterocycles. The lowest BCUT2D eigenvalue weighted by Crippen LogP contribution is -2.33. The van der Waals surface area contributed by atoms with Gasteiger partial charge < -0.3 is 8.85 Å². The van der Waals surface area contributed by atoms with Crippen LogP contribution in [0.3, 0.4) is 0 Å². The Morgan fingerprint density at radius 2 is 1.80 bits per heavy atom. The number of hydrogen-bond donors (Lipinski definition) is 0.